The zero-order valence-electron chi connectivity index (χ0n) is 14.1. The molecule has 0 aromatic heterocycles. The molecule has 27 heavy (non-hydrogen) atoms. The van der Waals surface area contributed by atoms with Crippen LogP contribution in [0.2, 0.25) is 0 Å². The Labute approximate surface area is 164 Å². The lowest BCUT2D eigenvalue weighted by molar-refractivity contribution is -0.384. The van der Waals surface area contributed by atoms with E-state index in [0.29, 0.717) is 5.56 Å². The first kappa shape index (κ1) is 20.1. The van der Waals surface area contributed by atoms with Crippen LogP contribution in [0.3, 0.4) is 0 Å². The maximum absolute atomic E-state index is 12.4. The van der Waals surface area contributed by atoms with Gasteiger partial charge < -0.3 is 10.6 Å². The Bertz CT molecular complexity index is 890. The minimum absolute atomic E-state index is 0.0440. The summed E-state index contributed by atoms with van der Waals surface area (Å²) in [7, 11) is 0. The van der Waals surface area contributed by atoms with Crippen molar-refractivity contribution in [3.63, 3.8) is 0 Å². The molecule has 0 unspecified atom stereocenters. The van der Waals surface area contributed by atoms with E-state index in [0.717, 1.165) is 4.47 Å². The lowest BCUT2D eigenvalue weighted by Crippen LogP contribution is -2.34. The van der Waals surface area contributed by atoms with Crippen LogP contribution in [0.4, 0.5) is 5.69 Å². The third-order valence-electron chi connectivity index (χ3n) is 3.42. The summed E-state index contributed by atoms with van der Waals surface area (Å²) in [5.74, 6) is -1.03. The van der Waals surface area contributed by atoms with Gasteiger partial charge in [0.15, 0.2) is 0 Å². The van der Waals surface area contributed by atoms with Gasteiger partial charge in [-0.15, -0.1) is 6.58 Å². The summed E-state index contributed by atoms with van der Waals surface area (Å²) >= 11 is 3.33. The highest BCUT2D eigenvalue weighted by molar-refractivity contribution is 9.10. The van der Waals surface area contributed by atoms with Crippen molar-refractivity contribution in [3.8, 4) is 0 Å². The number of rotatable bonds is 7. The molecule has 0 atom stereocenters. The van der Waals surface area contributed by atoms with Gasteiger partial charge in [0.25, 0.3) is 17.5 Å². The normalized spacial score (nSPS) is 10.8. The summed E-state index contributed by atoms with van der Waals surface area (Å²) in [6.07, 6.45) is 3.06. The molecule has 0 fully saturated rings. The van der Waals surface area contributed by atoms with E-state index < -0.39 is 16.7 Å². The van der Waals surface area contributed by atoms with Gasteiger partial charge in [0.2, 0.25) is 0 Å². The number of amides is 2. The molecular weight excluding hydrogens is 414 g/mol. The highest BCUT2D eigenvalue weighted by Gasteiger charge is 2.15. The molecule has 0 radical (unpaired) electrons. The molecule has 0 saturated carbocycles. The van der Waals surface area contributed by atoms with Gasteiger partial charge in [-0.1, -0.05) is 34.1 Å². The Morgan fingerprint density at radius 2 is 1.74 bits per heavy atom. The van der Waals surface area contributed by atoms with E-state index in [1.54, 1.807) is 12.1 Å². The number of nitro benzene ring substituents is 1. The van der Waals surface area contributed by atoms with Crippen LogP contribution in [-0.4, -0.2) is 23.3 Å². The molecule has 8 heteroatoms. The number of halogens is 1. The van der Waals surface area contributed by atoms with Gasteiger partial charge in [0.05, 0.1) is 4.92 Å². The van der Waals surface area contributed by atoms with Crippen LogP contribution >= 0.6 is 15.9 Å². The molecule has 0 heterocycles. The van der Waals surface area contributed by atoms with E-state index in [-0.39, 0.29) is 23.5 Å². The van der Waals surface area contributed by atoms with Crippen LogP contribution < -0.4 is 10.6 Å². The van der Waals surface area contributed by atoms with Gasteiger partial charge in [-0.05, 0) is 35.9 Å². The predicted molar refractivity (Wildman–Crippen MR) is 106 cm³/mol. The smallest absolute Gasteiger partial charge is 0.269 e. The molecular formula is C19H16BrN3O4. The number of benzene rings is 2. The molecule has 0 aliphatic heterocycles. The third-order valence-corrected chi connectivity index (χ3v) is 3.95. The first-order valence-electron chi connectivity index (χ1n) is 7.83. The van der Waals surface area contributed by atoms with Crippen molar-refractivity contribution in [2.24, 2.45) is 0 Å². The van der Waals surface area contributed by atoms with E-state index in [9.17, 15) is 19.7 Å². The SMILES string of the molecule is C=CCNC(=O)C(=Cc1ccc(Br)cc1)NC(=O)c1ccc([N+](=O)[O-])cc1. The van der Waals surface area contributed by atoms with E-state index in [1.165, 1.54) is 36.4 Å². The van der Waals surface area contributed by atoms with E-state index in [2.05, 4.69) is 33.1 Å². The molecule has 0 aliphatic rings. The number of hydrogen-bond donors (Lipinski definition) is 2. The molecule has 2 aromatic carbocycles. The van der Waals surface area contributed by atoms with Gasteiger partial charge in [-0.2, -0.15) is 0 Å². The van der Waals surface area contributed by atoms with E-state index >= 15 is 0 Å². The second-order valence-electron chi connectivity index (χ2n) is 5.37. The van der Waals surface area contributed by atoms with Crippen molar-refractivity contribution in [1.82, 2.24) is 10.6 Å². The Hall–Kier alpha value is -3.26. The number of nitrogens with zero attached hydrogens (tertiary/aromatic N) is 1. The summed E-state index contributed by atoms with van der Waals surface area (Å²) in [4.78, 5) is 34.9. The van der Waals surface area contributed by atoms with Crippen LogP contribution in [0.5, 0.6) is 0 Å². The van der Waals surface area contributed by atoms with Crippen LogP contribution in [0.25, 0.3) is 6.08 Å². The molecule has 2 aromatic rings. The third kappa shape index (κ3) is 5.89. The molecule has 0 bridgehead atoms. The first-order chi connectivity index (χ1) is 12.9. The molecule has 7 nitrogen and oxygen atoms in total. The number of hydrogen-bond acceptors (Lipinski definition) is 4. The Morgan fingerprint density at radius 3 is 2.30 bits per heavy atom. The van der Waals surface area contributed by atoms with Crippen LogP contribution in [0, 0.1) is 10.1 Å². The van der Waals surface area contributed by atoms with Gasteiger partial charge in [-0.25, -0.2) is 0 Å². The minimum atomic E-state index is -0.554. The van der Waals surface area contributed by atoms with Crippen molar-refractivity contribution in [3.05, 3.63) is 92.6 Å². The van der Waals surface area contributed by atoms with Crippen LogP contribution in [0.15, 0.2) is 71.4 Å². The number of carbonyl (C=O) groups excluding carboxylic acids is 2. The van der Waals surface area contributed by atoms with Crippen molar-refractivity contribution >= 4 is 39.5 Å². The highest BCUT2D eigenvalue weighted by Crippen LogP contribution is 2.14. The summed E-state index contributed by atoms with van der Waals surface area (Å²) in [5.41, 5.74) is 0.827. The van der Waals surface area contributed by atoms with Crippen molar-refractivity contribution in [2.45, 2.75) is 0 Å². The number of nitrogens with one attached hydrogen (secondary N) is 2. The summed E-state index contributed by atoms with van der Waals surface area (Å²) in [5, 5.41) is 15.9. The minimum Gasteiger partial charge on any atom is -0.347 e. The molecule has 2 N–H and O–H groups in total. The average molecular weight is 430 g/mol. The molecule has 2 rings (SSSR count). The lowest BCUT2D eigenvalue weighted by Gasteiger charge is -2.10. The first-order valence-corrected chi connectivity index (χ1v) is 8.62. The Kier molecular flexibility index (Phi) is 7.01. The maximum atomic E-state index is 12.4. The molecule has 2 amide bonds. The van der Waals surface area contributed by atoms with Crippen LogP contribution in [-0.2, 0) is 4.79 Å². The van der Waals surface area contributed by atoms with Crippen molar-refractivity contribution in [1.29, 1.82) is 0 Å². The number of nitro groups is 1. The number of carbonyl (C=O) groups is 2. The maximum Gasteiger partial charge on any atom is 0.269 e. The molecule has 138 valence electrons. The molecule has 0 spiro atoms. The Balaban J connectivity index is 2.25. The van der Waals surface area contributed by atoms with Crippen LogP contribution in [0.1, 0.15) is 15.9 Å². The second-order valence-corrected chi connectivity index (χ2v) is 6.28. The quantitative estimate of drug-likeness (QED) is 0.304. The molecule has 0 aliphatic carbocycles. The topological polar surface area (TPSA) is 101 Å². The zero-order chi connectivity index (χ0) is 19.8. The fraction of sp³-hybridized carbons (Fsp3) is 0.0526. The van der Waals surface area contributed by atoms with Gasteiger partial charge in [0, 0.05) is 28.7 Å². The number of non-ortho nitro benzene ring substituents is 1. The second kappa shape index (κ2) is 9.44. The molecule has 0 saturated heterocycles. The monoisotopic (exact) mass is 429 g/mol. The zero-order valence-corrected chi connectivity index (χ0v) is 15.7. The van der Waals surface area contributed by atoms with E-state index in [1.807, 2.05) is 12.1 Å². The summed E-state index contributed by atoms with van der Waals surface area (Å²) in [6, 6.07) is 12.3. The average Bonchev–Trinajstić information content (AvgIpc) is 2.67. The van der Waals surface area contributed by atoms with Crippen molar-refractivity contribution in [2.75, 3.05) is 6.54 Å². The lowest BCUT2D eigenvalue weighted by atomic mass is 10.1. The predicted octanol–water partition coefficient (Wildman–Crippen LogP) is 3.43. The summed E-state index contributed by atoms with van der Waals surface area (Å²) < 4.78 is 0.882. The largest absolute Gasteiger partial charge is 0.347 e. The Morgan fingerprint density at radius 1 is 1.11 bits per heavy atom. The highest BCUT2D eigenvalue weighted by atomic mass is 79.9. The van der Waals surface area contributed by atoms with Gasteiger partial charge in [-0.3, -0.25) is 19.7 Å². The van der Waals surface area contributed by atoms with Gasteiger partial charge >= 0.3 is 0 Å². The fourth-order valence-corrected chi connectivity index (χ4v) is 2.34. The fourth-order valence-electron chi connectivity index (χ4n) is 2.07. The van der Waals surface area contributed by atoms with Crippen molar-refractivity contribution < 1.29 is 14.5 Å². The van der Waals surface area contributed by atoms with E-state index in [4.69, 9.17) is 0 Å². The standard InChI is InChI=1S/C19H16BrN3O4/c1-2-11-21-19(25)17(12-13-3-7-15(20)8-4-13)22-18(24)14-5-9-16(10-6-14)23(26)27/h2-10,12H,1,11H2,(H,21,25)(H,22,24). The van der Waals surface area contributed by atoms with Gasteiger partial charge in [0.1, 0.15) is 5.70 Å². The summed E-state index contributed by atoms with van der Waals surface area (Å²) in [6.45, 7) is 3.77.